The number of nitrogens with one attached hydrogen (secondary N) is 1. The molecule has 4 aromatic rings. The van der Waals surface area contributed by atoms with Crippen LogP contribution in [0.5, 0.6) is 0 Å². The van der Waals surface area contributed by atoms with E-state index in [1.807, 2.05) is 43.3 Å². The van der Waals surface area contributed by atoms with E-state index in [4.69, 9.17) is 0 Å². The van der Waals surface area contributed by atoms with Gasteiger partial charge in [0.1, 0.15) is 0 Å². The summed E-state index contributed by atoms with van der Waals surface area (Å²) in [7, 11) is 0. The predicted octanol–water partition coefficient (Wildman–Crippen LogP) is 3.47. The molecule has 0 spiro atoms. The lowest BCUT2D eigenvalue weighted by Gasteiger charge is -2.06. The molecule has 0 unspecified atom stereocenters. The van der Waals surface area contributed by atoms with Crippen LogP contribution in [0.15, 0.2) is 67.4 Å². The number of benzene rings is 1. The third kappa shape index (κ3) is 3.89. The van der Waals surface area contributed by atoms with Gasteiger partial charge in [-0.05, 0) is 35.4 Å². The predicted molar refractivity (Wildman–Crippen MR) is 109 cm³/mol. The van der Waals surface area contributed by atoms with E-state index >= 15 is 0 Å². The molecule has 0 saturated heterocycles. The minimum Gasteiger partial charge on any atom is -0.345 e. The summed E-state index contributed by atoms with van der Waals surface area (Å²) < 4.78 is 1.66. The summed E-state index contributed by atoms with van der Waals surface area (Å²) >= 11 is 0. The Labute approximate surface area is 167 Å². The van der Waals surface area contributed by atoms with E-state index in [1.165, 1.54) is 0 Å². The molecule has 4 rings (SSSR count). The first-order valence-electron chi connectivity index (χ1n) is 9.29. The molecular weight excluding hydrogens is 366 g/mol. The van der Waals surface area contributed by atoms with E-state index in [9.17, 15) is 9.59 Å². The maximum absolute atomic E-state index is 12.2. The summed E-state index contributed by atoms with van der Waals surface area (Å²) in [4.78, 5) is 36.6. The highest BCUT2D eigenvalue weighted by molar-refractivity contribution is 5.94. The molecule has 0 aliphatic rings. The minimum atomic E-state index is -0.342. The molecule has 3 aromatic heterocycles. The summed E-state index contributed by atoms with van der Waals surface area (Å²) in [5.74, 6) is -0.179. The van der Waals surface area contributed by atoms with Crippen LogP contribution in [0.4, 0.5) is 0 Å². The topological polar surface area (TPSA) is 89.8 Å². The number of carbonyl (C=O) groups is 2. The second-order valence-corrected chi connectivity index (χ2v) is 6.55. The lowest BCUT2D eigenvalue weighted by Crippen LogP contribution is -2.24. The lowest BCUT2D eigenvalue weighted by molar-refractivity contribution is 0.0912. The first-order valence-corrected chi connectivity index (χ1v) is 9.29. The molecule has 0 atom stereocenters. The normalized spacial score (nSPS) is 10.8. The largest absolute Gasteiger partial charge is 0.345 e. The zero-order valence-electron chi connectivity index (χ0n) is 15.9. The number of amides is 1. The van der Waals surface area contributed by atoms with Crippen LogP contribution in [-0.4, -0.2) is 31.3 Å². The van der Waals surface area contributed by atoms with Crippen molar-refractivity contribution >= 4 is 22.7 Å². The smallest absolute Gasteiger partial charge is 0.289 e. The molecule has 3 heterocycles. The Balaban J connectivity index is 1.50. The summed E-state index contributed by atoms with van der Waals surface area (Å²) in [6.07, 6.45) is 8.86. The fourth-order valence-electron chi connectivity index (χ4n) is 3.07. The van der Waals surface area contributed by atoms with E-state index in [1.54, 1.807) is 35.6 Å². The van der Waals surface area contributed by atoms with Gasteiger partial charge in [-0.3, -0.25) is 19.1 Å². The van der Waals surface area contributed by atoms with E-state index < -0.39 is 0 Å². The van der Waals surface area contributed by atoms with Crippen LogP contribution in [0.3, 0.4) is 0 Å². The third-order valence-corrected chi connectivity index (χ3v) is 4.63. The molecule has 7 nitrogen and oxygen atoms in total. The Bertz CT molecular complexity index is 1170. The summed E-state index contributed by atoms with van der Waals surface area (Å²) in [6.45, 7) is 2.20. The van der Waals surface area contributed by atoms with Crippen molar-refractivity contribution in [2.45, 2.75) is 19.9 Å². The van der Waals surface area contributed by atoms with Gasteiger partial charge in [0.2, 0.25) is 11.7 Å². The van der Waals surface area contributed by atoms with Gasteiger partial charge in [-0.25, -0.2) is 9.97 Å². The highest BCUT2D eigenvalue weighted by atomic mass is 16.2. The maximum atomic E-state index is 12.2. The lowest BCUT2D eigenvalue weighted by atomic mass is 10.1. The molecule has 1 N–H and O–H groups in total. The number of nitrogens with zero attached hydrogens (tertiary/aromatic N) is 4. The Morgan fingerprint density at radius 2 is 1.86 bits per heavy atom. The molecule has 0 aliphatic carbocycles. The van der Waals surface area contributed by atoms with Crippen LogP contribution in [0, 0.1) is 0 Å². The van der Waals surface area contributed by atoms with Crippen molar-refractivity contribution in [3.05, 3.63) is 78.8 Å². The summed E-state index contributed by atoms with van der Waals surface area (Å²) in [5, 5.41) is 3.74. The van der Waals surface area contributed by atoms with E-state index in [-0.39, 0.29) is 17.6 Å². The standard InChI is InChI=1S/C22H19N5O2/c1-2-20(28)27-9-7-17-10-16(5-6-19(17)27)18-13-24-21(25-14-18)22(29)26-12-15-4-3-8-23-11-15/h3-11,13-14H,2,12H2,1H3,(H,26,29). The molecule has 144 valence electrons. The van der Waals surface area contributed by atoms with Gasteiger partial charge < -0.3 is 5.32 Å². The molecule has 0 aliphatic heterocycles. The van der Waals surface area contributed by atoms with Crippen molar-refractivity contribution in [1.29, 1.82) is 0 Å². The zero-order valence-corrected chi connectivity index (χ0v) is 15.9. The average molecular weight is 385 g/mol. The SMILES string of the molecule is CCC(=O)n1ccc2cc(-c3cnc(C(=O)NCc4cccnc4)nc3)ccc21. The Hall–Kier alpha value is -3.87. The first kappa shape index (κ1) is 18.5. The van der Waals surface area contributed by atoms with Gasteiger partial charge >= 0.3 is 0 Å². The van der Waals surface area contributed by atoms with Gasteiger partial charge in [0.25, 0.3) is 5.91 Å². The summed E-state index contributed by atoms with van der Waals surface area (Å²) in [5.41, 5.74) is 3.49. The Morgan fingerprint density at radius 1 is 1.03 bits per heavy atom. The zero-order chi connectivity index (χ0) is 20.2. The quantitative estimate of drug-likeness (QED) is 0.568. The van der Waals surface area contributed by atoms with Crippen LogP contribution < -0.4 is 5.32 Å². The Kier molecular flexibility index (Phi) is 5.11. The van der Waals surface area contributed by atoms with Crippen molar-refractivity contribution in [1.82, 2.24) is 24.8 Å². The molecule has 7 heteroatoms. The number of fused-ring (bicyclic) bond motifs is 1. The van der Waals surface area contributed by atoms with Crippen molar-refractivity contribution in [2.75, 3.05) is 0 Å². The van der Waals surface area contributed by atoms with E-state index in [2.05, 4.69) is 20.3 Å². The van der Waals surface area contributed by atoms with Crippen LogP contribution in [0.1, 0.15) is 34.3 Å². The molecule has 0 fully saturated rings. The molecule has 0 radical (unpaired) electrons. The highest BCUT2D eigenvalue weighted by Gasteiger charge is 2.11. The van der Waals surface area contributed by atoms with E-state index in [0.29, 0.717) is 13.0 Å². The van der Waals surface area contributed by atoms with Gasteiger partial charge in [-0.2, -0.15) is 0 Å². The molecule has 1 amide bonds. The number of hydrogen-bond acceptors (Lipinski definition) is 5. The van der Waals surface area contributed by atoms with Crippen LogP contribution >= 0.6 is 0 Å². The van der Waals surface area contributed by atoms with Crippen molar-refractivity contribution in [3.8, 4) is 11.1 Å². The van der Waals surface area contributed by atoms with Crippen molar-refractivity contribution < 1.29 is 9.59 Å². The van der Waals surface area contributed by atoms with Gasteiger partial charge in [0, 0.05) is 54.9 Å². The second kappa shape index (κ2) is 8.02. The average Bonchev–Trinajstić information content (AvgIpc) is 3.21. The van der Waals surface area contributed by atoms with Crippen LogP contribution in [0.25, 0.3) is 22.0 Å². The molecular formula is C22H19N5O2. The fraction of sp³-hybridized carbons (Fsp3) is 0.136. The first-order chi connectivity index (χ1) is 14.2. The van der Waals surface area contributed by atoms with Crippen LogP contribution in [0.2, 0.25) is 0 Å². The van der Waals surface area contributed by atoms with Gasteiger partial charge in [0.05, 0.1) is 5.52 Å². The monoisotopic (exact) mass is 385 g/mol. The van der Waals surface area contributed by atoms with Gasteiger partial charge in [-0.1, -0.05) is 19.1 Å². The van der Waals surface area contributed by atoms with Crippen molar-refractivity contribution in [2.24, 2.45) is 0 Å². The molecule has 29 heavy (non-hydrogen) atoms. The van der Waals surface area contributed by atoms with E-state index in [0.717, 1.165) is 27.6 Å². The molecule has 0 bridgehead atoms. The molecule has 1 aromatic carbocycles. The highest BCUT2D eigenvalue weighted by Crippen LogP contribution is 2.24. The molecule has 0 saturated carbocycles. The maximum Gasteiger partial charge on any atom is 0.289 e. The number of hydrogen-bond donors (Lipinski definition) is 1. The number of rotatable bonds is 5. The Morgan fingerprint density at radius 3 is 2.59 bits per heavy atom. The van der Waals surface area contributed by atoms with Gasteiger partial charge in [-0.15, -0.1) is 0 Å². The van der Waals surface area contributed by atoms with Crippen molar-refractivity contribution in [3.63, 3.8) is 0 Å². The third-order valence-electron chi connectivity index (χ3n) is 4.63. The second-order valence-electron chi connectivity index (χ2n) is 6.55. The fourth-order valence-corrected chi connectivity index (χ4v) is 3.07. The van der Waals surface area contributed by atoms with Gasteiger partial charge in [0.15, 0.2) is 0 Å². The number of aromatic nitrogens is 4. The van der Waals surface area contributed by atoms with Crippen LogP contribution in [-0.2, 0) is 6.54 Å². The minimum absolute atomic E-state index is 0.0535. The number of pyridine rings is 1. The summed E-state index contributed by atoms with van der Waals surface area (Å²) in [6, 6.07) is 11.4. The number of carbonyl (C=O) groups excluding carboxylic acids is 2.